The van der Waals surface area contributed by atoms with Gasteiger partial charge in [-0.25, -0.2) is 28.7 Å². The summed E-state index contributed by atoms with van der Waals surface area (Å²) in [7, 11) is -6.74. The third-order valence-electron chi connectivity index (χ3n) is 21.9. The Hall–Kier alpha value is -8.33. The Labute approximate surface area is 707 Å². The van der Waals surface area contributed by atoms with Crippen molar-refractivity contribution in [2.45, 2.75) is 195 Å². The maximum Gasteiger partial charge on any atom is 0.312 e. The number of alkyl halides is 2. The van der Waals surface area contributed by atoms with Crippen molar-refractivity contribution >= 4 is 139 Å². The highest BCUT2D eigenvalue weighted by Crippen LogP contribution is 2.39. The van der Waals surface area contributed by atoms with Crippen LogP contribution in [0.1, 0.15) is 57.5 Å². The molecule has 15 rings (SSSR count). The summed E-state index contributed by atoms with van der Waals surface area (Å²) in [6.07, 6.45) is -9.61. The topological polar surface area (TPSA) is 462 Å². The fraction of sp³-hybridized carbons (Fsp3) is 0.506. The number of halogens is 6. The van der Waals surface area contributed by atoms with Gasteiger partial charge in [0.05, 0.1) is 67.9 Å². The number of fused-ring (bicyclic) bond motifs is 4. The van der Waals surface area contributed by atoms with E-state index in [0.29, 0.717) is 57.7 Å². The smallest absolute Gasteiger partial charge is 0.312 e. The Morgan fingerprint density at radius 2 is 0.744 bits per heavy atom. The first-order chi connectivity index (χ1) is 57.7. The molecule has 0 aliphatic carbocycles. The third-order valence-corrected chi connectivity index (χ3v) is 33.8. The molecule has 0 spiro atoms. The van der Waals surface area contributed by atoms with Gasteiger partial charge in [0, 0.05) is 25.0 Å². The summed E-state index contributed by atoms with van der Waals surface area (Å²) in [4.78, 5) is 49.4. The molecule has 0 unspecified atom stereocenters. The molecule has 4 aliphatic rings. The van der Waals surface area contributed by atoms with Crippen molar-refractivity contribution in [3.63, 3.8) is 0 Å². The lowest BCUT2D eigenvalue weighted by Gasteiger charge is -2.29. The summed E-state index contributed by atoms with van der Waals surface area (Å²) in [6.45, 7) is 18.9. The van der Waals surface area contributed by atoms with Crippen molar-refractivity contribution < 1.29 is 87.6 Å². The van der Waals surface area contributed by atoms with Gasteiger partial charge < -0.3 is 91.3 Å². The number of rotatable bonds is 29. The number of unbranched alkanes of at least 4 members (excludes halogenated alkanes) is 2. The quantitative estimate of drug-likeness (QED) is 0.0116. The minimum atomic E-state index is -2.00. The minimum absolute atomic E-state index is 0.0000115. The van der Waals surface area contributed by atoms with Crippen molar-refractivity contribution in [2.24, 2.45) is 0 Å². The molecule has 654 valence electrons. The monoisotopic (exact) mass is 1790 g/mol. The van der Waals surface area contributed by atoms with Gasteiger partial charge in [0.2, 0.25) is 10.6 Å². The van der Waals surface area contributed by atoms with Crippen LogP contribution >= 0.6 is 23.2 Å². The summed E-state index contributed by atoms with van der Waals surface area (Å²) < 4.78 is 85.0. The van der Waals surface area contributed by atoms with Crippen LogP contribution in [0.4, 0.5) is 40.8 Å². The van der Waals surface area contributed by atoms with Crippen molar-refractivity contribution in [2.75, 3.05) is 72.7 Å². The highest BCUT2D eigenvalue weighted by molar-refractivity contribution is 7.01. The predicted octanol–water partition coefficient (Wildman–Crippen LogP) is 5.69. The zero-order valence-electron chi connectivity index (χ0n) is 68.1. The normalized spacial score (nSPS) is 24.4. The lowest BCUT2D eigenvalue weighted by atomic mass is 10.1. The number of hydrogen-bond donors (Lipinski definition) is 14. The van der Waals surface area contributed by atoms with Gasteiger partial charge >= 0.3 is 12.2 Å². The van der Waals surface area contributed by atoms with E-state index in [1.54, 1.807) is 0 Å². The highest BCUT2D eigenvalue weighted by Gasteiger charge is 2.49. The van der Waals surface area contributed by atoms with E-state index in [9.17, 15) is 68.6 Å². The van der Waals surface area contributed by atoms with Gasteiger partial charge in [-0.1, -0.05) is 191 Å². The Balaban J connectivity index is 0.000000149. The van der Waals surface area contributed by atoms with Crippen molar-refractivity contribution in [1.29, 1.82) is 0 Å². The van der Waals surface area contributed by atoms with Crippen LogP contribution in [0.5, 0.6) is 0 Å². The van der Waals surface area contributed by atoms with Crippen molar-refractivity contribution in [3.8, 4) is 0 Å². The number of nitrogens with one attached hydrogen (secondary N) is 4. The number of benzene rings is 3. The molecule has 34 nitrogen and oxygen atoms in total. The average Bonchev–Trinajstić information content (AvgIpc) is 1.63. The van der Waals surface area contributed by atoms with Gasteiger partial charge in [-0.2, -0.15) is 48.7 Å². The van der Waals surface area contributed by atoms with Crippen molar-refractivity contribution in [1.82, 2.24) is 78.1 Å². The van der Waals surface area contributed by atoms with E-state index in [0.717, 1.165) is 24.8 Å². The summed E-state index contributed by atoms with van der Waals surface area (Å²) in [5, 5.41) is 115. The van der Waals surface area contributed by atoms with E-state index in [2.05, 4.69) is 201 Å². The maximum absolute atomic E-state index is 14.5. The molecule has 12 heterocycles. The first-order valence-electron chi connectivity index (χ1n) is 39.9. The molecule has 14 N–H and O–H groups in total. The first-order valence-corrected chi connectivity index (χ1v) is 53.7. The van der Waals surface area contributed by atoms with E-state index in [-0.39, 0.29) is 33.5 Å². The Morgan fingerprint density at radius 1 is 0.397 bits per heavy atom. The van der Waals surface area contributed by atoms with Crippen LogP contribution in [0, 0.1) is 12.2 Å². The molecule has 121 heavy (non-hydrogen) atoms. The second-order valence-corrected chi connectivity index (χ2v) is 53.4. The molecule has 16 atom stereocenters. The SMILES string of the molecule is CCCCC[Si](C)(C)CNc1nc(Cl)nc2c1ncn2[C@@H]1O[C@H](CO)[C@@H](O)[C@H]1F.C[Si](C)(C)CNc1nc(Cl)nc2c1ncn2[C@@H]1O[C@H](CO)[C@@H](O)[C@H]1F.C[Si](C)(CNc1nc(F)nc2c1ncn2[C@@H]1O[C@H](CO)[C@@H](O)[C@H]1O)c1ccccc1.C[Si](CCCNc1nc(F)nc2c1ncn2[C@@H]1O[C@H](CO)[C@@H](O)[C@H]1O)(c1ccccc1)c1ccccc1. The Morgan fingerprint density at radius 3 is 1.12 bits per heavy atom. The molecule has 0 radical (unpaired) electrons. The standard InChI is InChI=1S/C26H30FN5O4Si.C19H24FN5O4Si.C18H29ClFN5O3Si.C14H21ClFN5O3Si/c1-37(17-9-4-2-5-10-17,18-11-6-3-7-12-18)14-8-13-28-23-20-24(31-26(27)30-23)32(16-29-20)25-22(35)21(34)19(15-33)36-25;1-30(2,11-6-4-3-5-7-11)10-22-16-13-17(24-19(20)23-16)25(9-21-13)18-15(28)14(27)12(8-26)29-18;1-4-5-6-7-29(2,3)10-22-15-13-16(24-18(19)23-15)25(9-21-13)17-12(20)14(27)11(8-26)28-17;1-25(2,3)6-18-11-9-12(20-14(15)19-11)21(5-17-9)13-8(16)10(23)7(4-22)24-13/h2-7,9-12,16,19,21-22,25,33-35H,8,13-15H2,1H3,(H,28,30,31);3-7,9,12,14-15,18,26-28H,8,10H2,1-2H3,(H,22,23,24);9,11-12,14,17,26-27H,4-8,10H2,1-3H3,(H,22,23,24);5,7-8,10,13,22-23H,4,6H2,1-3H3,(H,18,19,20)/t19-,21-,22-,25-;12-,14-,15-,18-;11-,12-,14-,17-;7-,8-,10-,13-/m1111/s1. The van der Waals surface area contributed by atoms with Crippen LogP contribution < -0.4 is 36.8 Å². The van der Waals surface area contributed by atoms with Crippen LogP contribution in [0.2, 0.25) is 75.0 Å². The molecular formula is C77H104Cl2F4N20O14Si4. The molecule has 0 amide bonds. The molecule has 4 saturated heterocycles. The van der Waals surface area contributed by atoms with Crippen LogP contribution in [-0.4, -0.2) is 286 Å². The largest absolute Gasteiger partial charge is 0.394 e. The summed E-state index contributed by atoms with van der Waals surface area (Å²) in [6, 6.07) is 33.4. The van der Waals surface area contributed by atoms with E-state index < -0.39 is 169 Å². The minimum Gasteiger partial charge on any atom is -0.394 e. The van der Waals surface area contributed by atoms with Gasteiger partial charge in [-0.15, -0.1) is 0 Å². The number of aromatic nitrogens is 16. The number of nitrogens with zero attached hydrogens (tertiary/aromatic N) is 16. The van der Waals surface area contributed by atoms with E-state index in [1.165, 1.54) is 84.4 Å². The lowest BCUT2D eigenvalue weighted by molar-refractivity contribution is -0.0511. The summed E-state index contributed by atoms with van der Waals surface area (Å²) >= 11 is 12.1. The number of aliphatic hydroxyl groups excluding tert-OH is 10. The number of ether oxygens (including phenoxy) is 4. The Bertz CT molecular complexity index is 5210. The number of imidazole rings is 4. The molecular weight excluding hydrogens is 1690 g/mol. The van der Waals surface area contributed by atoms with Gasteiger partial charge in [0.15, 0.2) is 105 Å². The lowest BCUT2D eigenvalue weighted by Crippen LogP contribution is -2.55. The highest BCUT2D eigenvalue weighted by atomic mass is 35.5. The van der Waals surface area contributed by atoms with Gasteiger partial charge in [-0.05, 0) is 35.7 Å². The van der Waals surface area contributed by atoms with Crippen LogP contribution in [-0.2, 0) is 18.9 Å². The van der Waals surface area contributed by atoms with Gasteiger partial charge in [-0.3, -0.25) is 18.3 Å². The first kappa shape index (κ1) is 91.9. The second-order valence-electron chi connectivity index (χ2n) is 33.1. The number of hydrogen-bond acceptors (Lipinski definition) is 30. The van der Waals surface area contributed by atoms with Crippen molar-refractivity contribution in [3.05, 3.63) is 139 Å². The molecule has 4 fully saturated rings. The van der Waals surface area contributed by atoms with Crippen LogP contribution in [0.15, 0.2) is 116 Å². The van der Waals surface area contributed by atoms with E-state index >= 15 is 0 Å². The molecule has 4 aliphatic heterocycles. The zero-order chi connectivity index (χ0) is 87.0. The number of aliphatic hydroxyl groups is 10. The number of anilines is 4. The van der Waals surface area contributed by atoms with E-state index in [4.69, 9.17) is 42.1 Å². The zero-order valence-corrected chi connectivity index (χ0v) is 73.6. The summed E-state index contributed by atoms with van der Waals surface area (Å²) in [5.41, 5.74) is 2.42. The molecule has 44 heteroatoms. The van der Waals surface area contributed by atoms with Gasteiger partial charge in [0.1, 0.15) is 77.2 Å². The molecule has 3 aromatic carbocycles. The molecule has 0 saturated carbocycles. The van der Waals surface area contributed by atoms with Crippen LogP contribution in [0.25, 0.3) is 44.7 Å². The predicted molar refractivity (Wildman–Crippen MR) is 457 cm³/mol. The average molecular weight is 1790 g/mol. The summed E-state index contributed by atoms with van der Waals surface area (Å²) in [5.74, 6) is 1.47. The van der Waals surface area contributed by atoms with Gasteiger partial charge in [0.25, 0.3) is 0 Å². The third kappa shape index (κ3) is 20.9. The Kier molecular flexibility index (Phi) is 30.1. The second kappa shape index (κ2) is 39.7. The molecule has 0 bridgehead atoms. The molecule has 8 aromatic heterocycles. The maximum atomic E-state index is 14.5. The van der Waals surface area contributed by atoms with E-state index in [1.807, 2.05) is 30.3 Å². The molecule has 11 aromatic rings. The fourth-order valence-electron chi connectivity index (χ4n) is 14.8. The fourth-order valence-corrected chi connectivity index (χ4v) is 23.4. The van der Waals surface area contributed by atoms with Crippen LogP contribution in [0.3, 0.4) is 0 Å².